The van der Waals surface area contributed by atoms with E-state index in [4.69, 9.17) is 10.5 Å². The highest BCUT2D eigenvalue weighted by molar-refractivity contribution is 5.77. The number of ether oxygens (including phenoxy) is 1. The van der Waals surface area contributed by atoms with Crippen molar-refractivity contribution < 1.29 is 9.53 Å². The molecule has 0 aromatic heterocycles. The van der Waals surface area contributed by atoms with Gasteiger partial charge in [-0.2, -0.15) is 0 Å². The Hall–Kier alpha value is -1.39. The van der Waals surface area contributed by atoms with Gasteiger partial charge in [0.2, 0.25) is 5.91 Å². The van der Waals surface area contributed by atoms with Crippen molar-refractivity contribution in [1.29, 1.82) is 0 Å². The summed E-state index contributed by atoms with van der Waals surface area (Å²) in [7, 11) is 1.67. The largest absolute Gasteiger partial charge is 0.380 e. The Labute approximate surface area is 101 Å². The molecular formula is C13H18N2O2. The van der Waals surface area contributed by atoms with Gasteiger partial charge in [-0.25, -0.2) is 0 Å². The van der Waals surface area contributed by atoms with Gasteiger partial charge in [-0.3, -0.25) is 4.79 Å². The molecule has 1 aromatic carbocycles. The van der Waals surface area contributed by atoms with E-state index >= 15 is 0 Å². The maximum absolute atomic E-state index is 11.4. The lowest BCUT2D eigenvalue weighted by Crippen LogP contribution is -2.45. The molecule has 1 saturated heterocycles. The number of rotatable bonds is 3. The highest BCUT2D eigenvalue weighted by atomic mass is 16.5. The number of carbonyl (C=O) groups excluding carboxylic acids is 1. The Morgan fingerprint density at radius 3 is 2.76 bits per heavy atom. The number of hydrogen-bond donors (Lipinski definition) is 2. The van der Waals surface area contributed by atoms with E-state index in [0.717, 1.165) is 17.5 Å². The number of carbonyl (C=O) groups is 1. The van der Waals surface area contributed by atoms with Gasteiger partial charge >= 0.3 is 0 Å². The smallest absolute Gasteiger partial charge is 0.220 e. The third kappa shape index (κ3) is 2.84. The summed E-state index contributed by atoms with van der Waals surface area (Å²) in [5.41, 5.74) is 8.21. The quantitative estimate of drug-likeness (QED) is 0.823. The average Bonchev–Trinajstić information content (AvgIpc) is 2.34. The SMILES string of the molecule is COCc1ccc(C2NC(=O)CCC2N)cc1. The summed E-state index contributed by atoms with van der Waals surface area (Å²) >= 11 is 0. The van der Waals surface area contributed by atoms with Gasteiger partial charge in [0.15, 0.2) is 0 Å². The molecule has 0 saturated carbocycles. The molecule has 1 amide bonds. The Bertz CT molecular complexity index is 389. The predicted molar refractivity (Wildman–Crippen MR) is 65.2 cm³/mol. The van der Waals surface area contributed by atoms with E-state index in [9.17, 15) is 4.79 Å². The van der Waals surface area contributed by atoms with Crippen LogP contribution in [-0.4, -0.2) is 19.1 Å². The van der Waals surface area contributed by atoms with Crippen molar-refractivity contribution in [2.24, 2.45) is 5.73 Å². The molecule has 0 radical (unpaired) electrons. The monoisotopic (exact) mass is 234 g/mol. The van der Waals surface area contributed by atoms with Crippen LogP contribution in [-0.2, 0) is 16.1 Å². The van der Waals surface area contributed by atoms with Crippen LogP contribution in [0.15, 0.2) is 24.3 Å². The highest BCUT2D eigenvalue weighted by Gasteiger charge is 2.26. The average molecular weight is 234 g/mol. The van der Waals surface area contributed by atoms with Crippen molar-refractivity contribution in [2.45, 2.75) is 31.5 Å². The first kappa shape index (κ1) is 12.1. The minimum absolute atomic E-state index is 0.000903. The van der Waals surface area contributed by atoms with E-state index in [2.05, 4.69) is 5.32 Å². The van der Waals surface area contributed by atoms with E-state index < -0.39 is 0 Å². The zero-order valence-corrected chi connectivity index (χ0v) is 9.98. The molecule has 1 fully saturated rings. The molecule has 3 N–H and O–H groups in total. The van der Waals surface area contributed by atoms with Crippen LogP contribution in [0.3, 0.4) is 0 Å². The van der Waals surface area contributed by atoms with Crippen LogP contribution in [0.1, 0.15) is 30.0 Å². The molecule has 17 heavy (non-hydrogen) atoms. The van der Waals surface area contributed by atoms with Gasteiger partial charge in [0, 0.05) is 19.6 Å². The second kappa shape index (κ2) is 5.29. The second-order valence-corrected chi connectivity index (χ2v) is 4.42. The number of benzene rings is 1. The second-order valence-electron chi connectivity index (χ2n) is 4.42. The lowest BCUT2D eigenvalue weighted by Gasteiger charge is -2.29. The van der Waals surface area contributed by atoms with Gasteiger partial charge in [0.1, 0.15) is 0 Å². The number of amides is 1. The van der Waals surface area contributed by atoms with Gasteiger partial charge in [-0.05, 0) is 17.5 Å². The molecule has 2 rings (SSSR count). The minimum Gasteiger partial charge on any atom is -0.380 e. The van der Waals surface area contributed by atoms with Crippen LogP contribution in [0.2, 0.25) is 0 Å². The summed E-state index contributed by atoms with van der Waals surface area (Å²) in [6.45, 7) is 0.601. The lowest BCUT2D eigenvalue weighted by atomic mass is 9.92. The van der Waals surface area contributed by atoms with E-state index in [1.807, 2.05) is 24.3 Å². The number of nitrogens with one attached hydrogen (secondary N) is 1. The first-order valence-corrected chi connectivity index (χ1v) is 5.83. The Morgan fingerprint density at radius 2 is 2.12 bits per heavy atom. The molecular weight excluding hydrogens is 216 g/mol. The maximum atomic E-state index is 11.4. The van der Waals surface area contributed by atoms with Gasteiger partial charge in [-0.1, -0.05) is 24.3 Å². The summed E-state index contributed by atoms with van der Waals surface area (Å²) in [5, 5.41) is 2.94. The standard InChI is InChI=1S/C13H18N2O2/c1-17-8-9-2-4-10(5-3-9)13-11(14)6-7-12(16)15-13/h2-5,11,13H,6-8,14H2,1H3,(H,15,16). The molecule has 1 aliphatic rings. The molecule has 0 bridgehead atoms. The van der Waals surface area contributed by atoms with E-state index in [1.165, 1.54) is 0 Å². The number of methoxy groups -OCH3 is 1. The maximum Gasteiger partial charge on any atom is 0.220 e. The van der Waals surface area contributed by atoms with Crippen molar-refractivity contribution in [3.63, 3.8) is 0 Å². The third-order valence-corrected chi connectivity index (χ3v) is 3.10. The molecule has 1 aliphatic heterocycles. The first-order valence-electron chi connectivity index (χ1n) is 5.83. The van der Waals surface area contributed by atoms with Crippen molar-refractivity contribution >= 4 is 5.91 Å². The van der Waals surface area contributed by atoms with Gasteiger partial charge < -0.3 is 15.8 Å². The van der Waals surface area contributed by atoms with Gasteiger partial charge in [0.25, 0.3) is 0 Å². The first-order chi connectivity index (χ1) is 8.20. The Morgan fingerprint density at radius 1 is 1.41 bits per heavy atom. The van der Waals surface area contributed by atoms with Crippen molar-refractivity contribution in [1.82, 2.24) is 5.32 Å². The van der Waals surface area contributed by atoms with Gasteiger partial charge in [0.05, 0.1) is 12.6 Å². The highest BCUT2D eigenvalue weighted by Crippen LogP contribution is 2.23. The van der Waals surface area contributed by atoms with Crippen LogP contribution < -0.4 is 11.1 Å². The molecule has 2 atom stereocenters. The molecule has 0 aliphatic carbocycles. The zero-order valence-electron chi connectivity index (χ0n) is 9.98. The van der Waals surface area contributed by atoms with Crippen LogP contribution in [0, 0.1) is 0 Å². The molecule has 4 heteroatoms. The van der Waals surface area contributed by atoms with E-state index in [1.54, 1.807) is 7.11 Å². The zero-order chi connectivity index (χ0) is 12.3. The van der Waals surface area contributed by atoms with Crippen LogP contribution in [0.5, 0.6) is 0 Å². The van der Waals surface area contributed by atoms with E-state index in [-0.39, 0.29) is 18.0 Å². The van der Waals surface area contributed by atoms with Crippen molar-refractivity contribution in [2.75, 3.05) is 7.11 Å². The van der Waals surface area contributed by atoms with Crippen molar-refractivity contribution in [3.05, 3.63) is 35.4 Å². The van der Waals surface area contributed by atoms with Crippen LogP contribution in [0.25, 0.3) is 0 Å². The Kier molecular flexibility index (Phi) is 3.76. The van der Waals surface area contributed by atoms with Crippen LogP contribution in [0.4, 0.5) is 0 Å². The molecule has 92 valence electrons. The molecule has 0 spiro atoms. The fraction of sp³-hybridized carbons (Fsp3) is 0.462. The molecule has 1 heterocycles. The van der Waals surface area contributed by atoms with Gasteiger partial charge in [-0.15, -0.1) is 0 Å². The fourth-order valence-corrected chi connectivity index (χ4v) is 2.14. The van der Waals surface area contributed by atoms with Crippen LogP contribution >= 0.6 is 0 Å². The number of hydrogen-bond acceptors (Lipinski definition) is 3. The summed E-state index contributed by atoms with van der Waals surface area (Å²) in [6.07, 6.45) is 1.27. The molecule has 1 aromatic rings. The Balaban J connectivity index is 2.12. The lowest BCUT2D eigenvalue weighted by molar-refractivity contribution is -0.123. The predicted octanol–water partition coefficient (Wildman–Crippen LogP) is 1.11. The molecule has 4 nitrogen and oxygen atoms in total. The number of nitrogens with two attached hydrogens (primary N) is 1. The minimum atomic E-state index is -0.0622. The van der Waals surface area contributed by atoms with Crippen molar-refractivity contribution in [3.8, 4) is 0 Å². The summed E-state index contributed by atoms with van der Waals surface area (Å²) in [6, 6.07) is 7.96. The van der Waals surface area contributed by atoms with E-state index in [0.29, 0.717) is 13.0 Å². The number of piperidine rings is 1. The topological polar surface area (TPSA) is 64.3 Å². The normalized spacial score (nSPS) is 24.5. The third-order valence-electron chi connectivity index (χ3n) is 3.10. The summed E-state index contributed by atoms with van der Waals surface area (Å²) in [5.74, 6) is 0.0812. The molecule has 2 unspecified atom stereocenters. The summed E-state index contributed by atoms with van der Waals surface area (Å²) in [4.78, 5) is 11.4. The fourth-order valence-electron chi connectivity index (χ4n) is 2.14. The summed E-state index contributed by atoms with van der Waals surface area (Å²) < 4.78 is 5.06.